The Hall–Kier alpha value is -3.48. The van der Waals surface area contributed by atoms with E-state index in [4.69, 9.17) is 0 Å². The second-order valence-electron chi connectivity index (χ2n) is 8.95. The average Bonchev–Trinajstić information content (AvgIpc) is 3.37. The topological polar surface area (TPSA) is 83.1 Å². The van der Waals surface area contributed by atoms with Crippen molar-refractivity contribution < 1.29 is 14.0 Å². The molecule has 1 aromatic heterocycles. The van der Waals surface area contributed by atoms with Crippen LogP contribution in [0.1, 0.15) is 55.3 Å². The Balaban J connectivity index is 1.43. The first kappa shape index (κ1) is 23.7. The molecule has 1 aromatic carbocycles. The molecule has 0 radical (unpaired) electrons. The quantitative estimate of drug-likeness (QED) is 0.488. The lowest BCUT2D eigenvalue weighted by atomic mass is 9.97. The van der Waals surface area contributed by atoms with E-state index in [2.05, 4.69) is 33.1 Å². The summed E-state index contributed by atoms with van der Waals surface area (Å²) in [5.74, 6) is -0.525. The van der Waals surface area contributed by atoms with E-state index in [0.29, 0.717) is 30.1 Å². The molecule has 2 aliphatic carbocycles. The predicted octanol–water partition coefficient (Wildman–Crippen LogP) is 5.04. The number of aromatic nitrogens is 1. The van der Waals surface area contributed by atoms with Gasteiger partial charge in [-0.25, -0.2) is 4.39 Å². The van der Waals surface area contributed by atoms with Gasteiger partial charge in [0.25, 0.3) is 5.91 Å². The summed E-state index contributed by atoms with van der Waals surface area (Å²) in [5.41, 5.74) is 2.34. The minimum Gasteiger partial charge on any atom is -0.353 e. The van der Waals surface area contributed by atoms with E-state index >= 15 is 0 Å². The van der Waals surface area contributed by atoms with Gasteiger partial charge in [0.05, 0.1) is 11.9 Å². The first-order valence-corrected chi connectivity index (χ1v) is 12.0. The van der Waals surface area contributed by atoms with Crippen LogP contribution < -0.4 is 16.0 Å². The molecule has 2 aliphatic rings. The van der Waals surface area contributed by atoms with E-state index in [1.807, 2.05) is 6.08 Å². The highest BCUT2D eigenvalue weighted by Gasteiger charge is 2.27. The Labute approximate surface area is 199 Å². The summed E-state index contributed by atoms with van der Waals surface area (Å²) in [7, 11) is 0. The summed E-state index contributed by atoms with van der Waals surface area (Å²) < 4.78 is 13.9. The molecule has 0 spiro atoms. The van der Waals surface area contributed by atoms with E-state index in [1.165, 1.54) is 25.1 Å². The van der Waals surface area contributed by atoms with Gasteiger partial charge < -0.3 is 16.0 Å². The smallest absolute Gasteiger partial charge is 0.252 e. The molecule has 2 amide bonds. The van der Waals surface area contributed by atoms with Crippen LogP contribution >= 0.6 is 0 Å². The molecule has 0 saturated heterocycles. The number of nitrogens with zero attached hydrogens (tertiary/aromatic N) is 1. The number of hydrogen-bond donors (Lipinski definition) is 3. The van der Waals surface area contributed by atoms with Gasteiger partial charge in [0.2, 0.25) is 5.91 Å². The molecule has 178 valence electrons. The molecule has 1 unspecified atom stereocenters. The number of pyridine rings is 1. The highest BCUT2D eigenvalue weighted by molar-refractivity contribution is 5.98. The number of nitrogens with one attached hydrogen (secondary N) is 3. The zero-order valence-electron chi connectivity index (χ0n) is 19.2. The number of carbonyl (C=O) groups is 2. The lowest BCUT2D eigenvalue weighted by molar-refractivity contribution is -0.123. The first-order chi connectivity index (χ1) is 16.6. The standard InChI is InChI=1S/C27H31FN4O2/c28-23-18-29-14-13-24(23)31-22-12-6-11-21(16-22)26(33)32-25(15-19-7-4-5-8-19)27(34)30-17-20-9-2-1-3-10-20/h2,6,9-14,16,18-19,25H,1,3-5,7-8,15,17H2,(H,29,31)(H,30,34)(H,32,33). The second kappa shape index (κ2) is 11.6. The van der Waals surface area contributed by atoms with E-state index < -0.39 is 11.9 Å². The fraction of sp³-hybridized carbons (Fsp3) is 0.370. The third-order valence-corrected chi connectivity index (χ3v) is 6.38. The van der Waals surface area contributed by atoms with Crippen molar-refractivity contribution >= 4 is 23.2 Å². The number of carbonyl (C=O) groups excluding carboxylic acids is 2. The summed E-state index contributed by atoms with van der Waals surface area (Å²) in [6.45, 7) is 0.462. The van der Waals surface area contributed by atoms with Crippen molar-refractivity contribution in [2.45, 2.75) is 51.0 Å². The van der Waals surface area contributed by atoms with Crippen LogP contribution in [0.15, 0.2) is 66.5 Å². The summed E-state index contributed by atoms with van der Waals surface area (Å²) in [5, 5.41) is 8.92. The molecule has 0 aliphatic heterocycles. The van der Waals surface area contributed by atoms with Crippen molar-refractivity contribution in [2.75, 3.05) is 11.9 Å². The number of hydrogen-bond acceptors (Lipinski definition) is 4. The van der Waals surface area contributed by atoms with Gasteiger partial charge in [0.15, 0.2) is 5.82 Å². The minimum atomic E-state index is -0.599. The van der Waals surface area contributed by atoms with Gasteiger partial charge in [-0.05, 0) is 55.0 Å². The van der Waals surface area contributed by atoms with Crippen molar-refractivity contribution in [1.29, 1.82) is 0 Å². The highest BCUT2D eigenvalue weighted by atomic mass is 19.1. The maximum atomic E-state index is 13.9. The van der Waals surface area contributed by atoms with Crippen molar-refractivity contribution in [3.8, 4) is 0 Å². The monoisotopic (exact) mass is 462 g/mol. The van der Waals surface area contributed by atoms with Crippen molar-refractivity contribution in [3.05, 3.63) is 77.9 Å². The number of anilines is 2. The van der Waals surface area contributed by atoms with Crippen LogP contribution in [0.3, 0.4) is 0 Å². The minimum absolute atomic E-state index is 0.159. The van der Waals surface area contributed by atoms with Gasteiger partial charge in [0.1, 0.15) is 6.04 Å². The molecule has 1 atom stereocenters. The Bertz CT molecular complexity index is 1080. The number of halogens is 1. The maximum absolute atomic E-state index is 13.9. The van der Waals surface area contributed by atoms with Crippen LogP contribution in [0.2, 0.25) is 0 Å². The Morgan fingerprint density at radius 3 is 2.76 bits per heavy atom. The molecule has 1 saturated carbocycles. The number of rotatable bonds is 9. The molecule has 4 rings (SSSR count). The van der Waals surface area contributed by atoms with Gasteiger partial charge in [-0.2, -0.15) is 0 Å². The second-order valence-corrected chi connectivity index (χ2v) is 8.95. The highest BCUT2D eigenvalue weighted by Crippen LogP contribution is 2.29. The van der Waals surface area contributed by atoms with Gasteiger partial charge in [-0.3, -0.25) is 14.6 Å². The molecule has 0 bridgehead atoms. The molecule has 34 heavy (non-hydrogen) atoms. The van der Waals surface area contributed by atoms with E-state index in [1.54, 1.807) is 24.3 Å². The predicted molar refractivity (Wildman–Crippen MR) is 131 cm³/mol. The van der Waals surface area contributed by atoms with Crippen LogP contribution in [0.5, 0.6) is 0 Å². The van der Waals surface area contributed by atoms with Crippen LogP contribution in [0, 0.1) is 11.7 Å². The van der Waals surface area contributed by atoms with Crippen molar-refractivity contribution in [3.63, 3.8) is 0 Å². The van der Waals surface area contributed by atoms with Gasteiger partial charge in [0, 0.05) is 24.0 Å². The zero-order valence-corrected chi connectivity index (χ0v) is 19.2. The van der Waals surface area contributed by atoms with Crippen molar-refractivity contribution in [1.82, 2.24) is 15.6 Å². The normalized spacial score (nSPS) is 16.6. The SMILES string of the molecule is O=C(NC(CC1CCCC1)C(=O)NCC1=CCCC=C1)c1cccc(Nc2ccncc2F)c1. The molecule has 1 fully saturated rings. The van der Waals surface area contributed by atoms with Crippen LogP contribution in [-0.4, -0.2) is 29.4 Å². The largest absolute Gasteiger partial charge is 0.353 e. The molecule has 6 nitrogen and oxygen atoms in total. The molecular weight excluding hydrogens is 431 g/mol. The lowest BCUT2D eigenvalue weighted by Crippen LogP contribution is -2.48. The van der Waals surface area contributed by atoms with Crippen LogP contribution in [0.25, 0.3) is 0 Å². The summed E-state index contributed by atoms with van der Waals surface area (Å²) in [4.78, 5) is 29.9. The van der Waals surface area contributed by atoms with E-state index in [-0.39, 0.29) is 17.5 Å². The fourth-order valence-corrected chi connectivity index (χ4v) is 4.53. The van der Waals surface area contributed by atoms with Crippen LogP contribution in [0.4, 0.5) is 15.8 Å². The molecule has 7 heteroatoms. The van der Waals surface area contributed by atoms with Gasteiger partial charge in [-0.1, -0.05) is 50.0 Å². The molecule has 1 heterocycles. The molecular formula is C27H31FN4O2. The van der Waals surface area contributed by atoms with Gasteiger partial charge >= 0.3 is 0 Å². The lowest BCUT2D eigenvalue weighted by Gasteiger charge is -2.22. The summed E-state index contributed by atoms with van der Waals surface area (Å²) in [6, 6.07) is 7.75. The average molecular weight is 463 g/mol. The Kier molecular flexibility index (Phi) is 8.07. The number of benzene rings is 1. The third-order valence-electron chi connectivity index (χ3n) is 6.38. The number of allylic oxidation sites excluding steroid dienone is 2. The van der Waals surface area contributed by atoms with E-state index in [0.717, 1.165) is 37.5 Å². The van der Waals surface area contributed by atoms with E-state index in [9.17, 15) is 14.0 Å². The summed E-state index contributed by atoms with van der Waals surface area (Å²) in [6.07, 6.45) is 16.1. The van der Waals surface area contributed by atoms with Crippen molar-refractivity contribution in [2.24, 2.45) is 5.92 Å². The third kappa shape index (κ3) is 6.53. The first-order valence-electron chi connectivity index (χ1n) is 12.0. The van der Waals surface area contributed by atoms with Crippen LogP contribution in [-0.2, 0) is 4.79 Å². The molecule has 3 N–H and O–H groups in total. The van der Waals surface area contributed by atoms with Gasteiger partial charge in [-0.15, -0.1) is 0 Å². The molecule has 2 aromatic rings. The maximum Gasteiger partial charge on any atom is 0.252 e. The Morgan fingerprint density at radius 2 is 2.00 bits per heavy atom. The number of amides is 2. The fourth-order valence-electron chi connectivity index (χ4n) is 4.53. The zero-order chi connectivity index (χ0) is 23.8. The Morgan fingerprint density at radius 1 is 1.15 bits per heavy atom. The summed E-state index contributed by atoms with van der Waals surface area (Å²) >= 11 is 0.